The van der Waals surface area contributed by atoms with Crippen LogP contribution in [0.15, 0.2) is 24.4 Å². The average molecular weight is 222 g/mol. The molecule has 0 amide bonds. The van der Waals surface area contributed by atoms with Gasteiger partial charge < -0.3 is 6.92 Å². The topological polar surface area (TPSA) is 17.8 Å². The maximum absolute atomic E-state index is 12.8. The maximum atomic E-state index is 12.8. The third kappa shape index (κ3) is 1.73. The van der Waals surface area contributed by atoms with E-state index in [0.29, 0.717) is 6.54 Å². The van der Waals surface area contributed by atoms with Gasteiger partial charge in [-0.2, -0.15) is 5.10 Å². The standard InChI is InChI=1S/C9H8FN2.Co/c1-2-12-9-5-8(10)4-3-7(9)6-11-12;/h3-6H,1-2H2;/q-1;. The minimum Gasteiger partial charge on any atom is -0.322 e. The largest absolute Gasteiger partial charge is 0.322 e. The molecule has 0 aliphatic carbocycles. The summed E-state index contributed by atoms with van der Waals surface area (Å²) in [7, 11) is 0. The molecule has 0 saturated carbocycles. The summed E-state index contributed by atoms with van der Waals surface area (Å²) in [6, 6.07) is 4.61. The zero-order valence-electron chi connectivity index (χ0n) is 6.83. The predicted molar refractivity (Wildman–Crippen MR) is 45.0 cm³/mol. The van der Waals surface area contributed by atoms with Crippen molar-refractivity contribution in [3.8, 4) is 0 Å². The summed E-state index contributed by atoms with van der Waals surface area (Å²) in [6.45, 7) is 4.21. The first kappa shape index (κ1) is 10.2. The summed E-state index contributed by atoms with van der Waals surface area (Å²) in [5.74, 6) is -0.238. The second-order valence-corrected chi connectivity index (χ2v) is 2.57. The zero-order valence-corrected chi connectivity index (χ0v) is 7.87. The van der Waals surface area contributed by atoms with Gasteiger partial charge in [-0.15, -0.1) is 0 Å². The van der Waals surface area contributed by atoms with E-state index in [-0.39, 0.29) is 22.6 Å². The fourth-order valence-corrected chi connectivity index (χ4v) is 1.22. The van der Waals surface area contributed by atoms with Gasteiger partial charge in [0.05, 0.1) is 11.7 Å². The molecule has 1 aromatic carbocycles. The van der Waals surface area contributed by atoms with Crippen LogP contribution >= 0.6 is 0 Å². The Morgan fingerprint density at radius 2 is 2.23 bits per heavy atom. The molecule has 2 rings (SSSR count). The number of hydrogen-bond acceptors (Lipinski definition) is 1. The van der Waals surface area contributed by atoms with Crippen molar-refractivity contribution in [2.24, 2.45) is 0 Å². The third-order valence-electron chi connectivity index (χ3n) is 1.82. The molecule has 0 unspecified atom stereocenters. The van der Waals surface area contributed by atoms with E-state index in [4.69, 9.17) is 0 Å². The molecule has 13 heavy (non-hydrogen) atoms. The van der Waals surface area contributed by atoms with Crippen molar-refractivity contribution in [2.75, 3.05) is 0 Å². The molecule has 1 heterocycles. The van der Waals surface area contributed by atoms with Crippen molar-refractivity contribution in [1.29, 1.82) is 0 Å². The first-order valence-corrected chi connectivity index (χ1v) is 3.71. The number of rotatable bonds is 1. The van der Waals surface area contributed by atoms with Crippen molar-refractivity contribution in [3.63, 3.8) is 0 Å². The van der Waals surface area contributed by atoms with Crippen LogP contribution < -0.4 is 0 Å². The molecule has 0 fully saturated rings. The molecule has 0 saturated heterocycles. The van der Waals surface area contributed by atoms with E-state index in [1.165, 1.54) is 12.1 Å². The number of nitrogens with zero attached hydrogens (tertiary/aromatic N) is 2. The summed E-state index contributed by atoms with van der Waals surface area (Å²) in [5.41, 5.74) is 0.796. The Hall–Kier alpha value is -0.874. The van der Waals surface area contributed by atoms with Crippen LogP contribution in [0.4, 0.5) is 4.39 Å². The summed E-state index contributed by atoms with van der Waals surface area (Å²) in [6.07, 6.45) is 1.71. The van der Waals surface area contributed by atoms with Crippen LogP contribution in [0.2, 0.25) is 0 Å². The van der Waals surface area contributed by atoms with Crippen molar-refractivity contribution in [2.45, 2.75) is 6.54 Å². The zero-order chi connectivity index (χ0) is 8.55. The molecule has 0 bridgehead atoms. The van der Waals surface area contributed by atoms with Gasteiger partial charge in [-0.3, -0.25) is 4.68 Å². The van der Waals surface area contributed by atoms with Gasteiger partial charge in [0, 0.05) is 22.2 Å². The van der Waals surface area contributed by atoms with Gasteiger partial charge in [0.1, 0.15) is 5.82 Å². The Morgan fingerprint density at radius 3 is 2.92 bits per heavy atom. The fraction of sp³-hybridized carbons (Fsp3) is 0.111. The van der Waals surface area contributed by atoms with Crippen LogP contribution in [0.1, 0.15) is 0 Å². The van der Waals surface area contributed by atoms with Gasteiger partial charge >= 0.3 is 0 Å². The van der Waals surface area contributed by atoms with Gasteiger partial charge in [-0.25, -0.2) is 4.39 Å². The molecule has 2 aromatic rings. The van der Waals surface area contributed by atoms with Crippen LogP contribution in [0.25, 0.3) is 10.9 Å². The molecule has 2 nitrogen and oxygen atoms in total. The Bertz CT molecular complexity index is 411. The van der Waals surface area contributed by atoms with E-state index in [2.05, 4.69) is 12.0 Å². The quantitative estimate of drug-likeness (QED) is 0.675. The summed E-state index contributed by atoms with van der Waals surface area (Å²) in [5, 5.41) is 4.99. The number of benzene rings is 1. The van der Waals surface area contributed by atoms with E-state index >= 15 is 0 Å². The summed E-state index contributed by atoms with van der Waals surface area (Å²) < 4.78 is 14.4. The molecular formula is C9H8CoFN2-. The summed E-state index contributed by atoms with van der Waals surface area (Å²) >= 11 is 0. The molecule has 1 aromatic heterocycles. The van der Waals surface area contributed by atoms with Crippen molar-refractivity contribution >= 4 is 10.9 Å². The van der Waals surface area contributed by atoms with Crippen LogP contribution in [0, 0.1) is 12.7 Å². The summed E-state index contributed by atoms with van der Waals surface area (Å²) in [4.78, 5) is 0. The number of hydrogen-bond donors (Lipinski definition) is 0. The van der Waals surface area contributed by atoms with E-state index in [1.54, 1.807) is 16.9 Å². The molecule has 4 heteroatoms. The minimum atomic E-state index is -0.238. The Morgan fingerprint density at radius 1 is 1.46 bits per heavy atom. The van der Waals surface area contributed by atoms with Gasteiger partial charge in [0.15, 0.2) is 0 Å². The Kier molecular flexibility index (Phi) is 3.05. The van der Waals surface area contributed by atoms with Crippen LogP contribution in [-0.4, -0.2) is 9.78 Å². The van der Waals surface area contributed by atoms with Gasteiger partial charge in [0.2, 0.25) is 0 Å². The second kappa shape index (κ2) is 3.89. The first-order chi connectivity index (χ1) is 5.81. The molecule has 0 aliphatic heterocycles. The van der Waals surface area contributed by atoms with Crippen LogP contribution in [-0.2, 0) is 23.3 Å². The average Bonchev–Trinajstić information content (AvgIpc) is 2.46. The fourth-order valence-electron chi connectivity index (χ4n) is 1.22. The second-order valence-electron chi connectivity index (χ2n) is 2.57. The van der Waals surface area contributed by atoms with Crippen molar-refractivity contribution in [3.05, 3.63) is 37.1 Å². The molecule has 1 radical (unpaired) electrons. The smallest absolute Gasteiger partial charge is 0.125 e. The van der Waals surface area contributed by atoms with Gasteiger partial charge in [-0.1, -0.05) is 6.54 Å². The minimum absolute atomic E-state index is 0. The molecule has 0 aliphatic rings. The number of aromatic nitrogens is 2. The Balaban J connectivity index is 0.000000845. The third-order valence-corrected chi connectivity index (χ3v) is 1.82. The number of halogens is 1. The van der Waals surface area contributed by atoms with Gasteiger partial charge in [0.25, 0.3) is 0 Å². The van der Waals surface area contributed by atoms with Crippen LogP contribution in [0.3, 0.4) is 0 Å². The molecule has 0 atom stereocenters. The van der Waals surface area contributed by atoms with E-state index < -0.39 is 0 Å². The van der Waals surface area contributed by atoms with E-state index in [9.17, 15) is 4.39 Å². The van der Waals surface area contributed by atoms with Crippen molar-refractivity contribution in [1.82, 2.24) is 9.78 Å². The van der Waals surface area contributed by atoms with E-state index in [0.717, 1.165) is 10.9 Å². The predicted octanol–water partition coefficient (Wildman–Crippen LogP) is 2.01. The van der Waals surface area contributed by atoms with E-state index in [1.807, 2.05) is 0 Å². The molecule has 71 valence electrons. The molecule has 0 spiro atoms. The van der Waals surface area contributed by atoms with Crippen molar-refractivity contribution < 1.29 is 21.2 Å². The molecular weight excluding hydrogens is 214 g/mol. The molecule has 0 N–H and O–H groups in total. The monoisotopic (exact) mass is 222 g/mol. The SMILES string of the molecule is [CH2-]Cn1ncc2ccc(F)cc21.[Co]. The maximum Gasteiger partial charge on any atom is 0.125 e. The Labute approximate surface area is 85.9 Å². The number of fused-ring (bicyclic) bond motifs is 1. The van der Waals surface area contributed by atoms with Gasteiger partial charge in [-0.05, 0) is 18.2 Å². The van der Waals surface area contributed by atoms with Crippen LogP contribution in [0.5, 0.6) is 0 Å². The normalized spacial score (nSPS) is 10.0. The first-order valence-electron chi connectivity index (χ1n) is 3.71.